The predicted octanol–water partition coefficient (Wildman–Crippen LogP) is 2.41. The van der Waals surface area contributed by atoms with Crippen LogP contribution in [-0.2, 0) is 42.7 Å². The van der Waals surface area contributed by atoms with Crippen LogP contribution in [0.2, 0.25) is 0 Å². The second-order valence-electron chi connectivity index (χ2n) is 12.1. The fourth-order valence-electron chi connectivity index (χ4n) is 5.99. The average Bonchev–Trinajstić information content (AvgIpc) is 2.98. The molecule has 1 saturated heterocycles. The number of hydrogen-bond donors (Lipinski definition) is 2. The number of rotatable bonds is 11. The number of esters is 1. The molecule has 0 bridgehead atoms. The lowest BCUT2D eigenvalue weighted by atomic mass is 9.82. The zero-order valence-electron chi connectivity index (χ0n) is 28.1. The molecule has 0 aromatic heterocycles. The molecule has 0 unspecified atom stereocenters. The fraction of sp³-hybridized carbons (Fsp3) is 0.758. The molecule has 0 saturated carbocycles. The number of aliphatic hydroxyl groups excluding tert-OH is 2. The molecule has 2 heterocycles. The summed E-state index contributed by atoms with van der Waals surface area (Å²) in [5.74, 6) is -1.70. The first-order chi connectivity index (χ1) is 21.4. The van der Waals surface area contributed by atoms with Crippen molar-refractivity contribution in [3.63, 3.8) is 0 Å². The van der Waals surface area contributed by atoms with Gasteiger partial charge in [-0.15, -0.1) is 6.58 Å². The third-order valence-electron chi connectivity index (χ3n) is 8.36. The topological polar surface area (TPSA) is 142 Å². The van der Waals surface area contributed by atoms with Gasteiger partial charge in [0, 0.05) is 40.1 Å². The van der Waals surface area contributed by atoms with Crippen molar-refractivity contribution in [1.82, 2.24) is 4.90 Å². The van der Waals surface area contributed by atoms with Gasteiger partial charge in [-0.05, 0) is 46.4 Å². The quantitative estimate of drug-likeness (QED) is 0.194. The Kier molecular flexibility index (Phi) is 17.1. The van der Waals surface area contributed by atoms with E-state index in [-0.39, 0.29) is 31.7 Å². The molecule has 0 aromatic carbocycles. The first kappa shape index (κ1) is 39.2. The summed E-state index contributed by atoms with van der Waals surface area (Å²) >= 11 is 0. The highest BCUT2D eigenvalue weighted by Gasteiger charge is 2.49. The zero-order chi connectivity index (χ0) is 33.7. The number of methoxy groups -OCH3 is 3. The van der Waals surface area contributed by atoms with Gasteiger partial charge in [-0.3, -0.25) is 9.59 Å². The van der Waals surface area contributed by atoms with E-state index in [0.29, 0.717) is 6.42 Å². The molecule has 12 heteroatoms. The van der Waals surface area contributed by atoms with Gasteiger partial charge in [0.1, 0.15) is 24.4 Å². The molecule has 11 atom stereocenters. The van der Waals surface area contributed by atoms with E-state index in [9.17, 15) is 19.8 Å². The van der Waals surface area contributed by atoms with E-state index in [2.05, 4.69) is 6.58 Å². The molecular weight excluding hydrogens is 586 g/mol. The van der Waals surface area contributed by atoms with Gasteiger partial charge in [0.05, 0.1) is 37.4 Å². The van der Waals surface area contributed by atoms with Crippen molar-refractivity contribution in [1.29, 1.82) is 0 Å². The van der Waals surface area contributed by atoms with Gasteiger partial charge >= 0.3 is 5.97 Å². The van der Waals surface area contributed by atoms with Crippen molar-refractivity contribution in [2.75, 3.05) is 42.0 Å². The van der Waals surface area contributed by atoms with Gasteiger partial charge in [0.25, 0.3) is 0 Å². The van der Waals surface area contributed by atoms with Gasteiger partial charge in [0.15, 0.2) is 18.4 Å². The highest BCUT2D eigenvalue weighted by molar-refractivity contribution is 5.91. The van der Waals surface area contributed by atoms with Crippen molar-refractivity contribution in [3.8, 4) is 0 Å². The number of cyclic esters (lactones) is 1. The van der Waals surface area contributed by atoms with Crippen LogP contribution in [0.5, 0.6) is 0 Å². The standard InChI is InChI=1S/C33H55NO11/c1-10-16-42-30-22(4)44-33(29(38)28(30)34(5)6)45-31-23(18-27(39-7)40-8)17-20(2)24(35)15-13-11-12-14-21(3)43-26(37)19-25(36)32(31)41-9/h10-13,15,20-23,25,27-33,36,38H,1,14,16-19H2,2-9H3/b12-11+,15-13+/t20-,21-,22-,23-,25-,28-,29-,30-,31+,32+,33+/m1/s1. The number of carbonyl (C=O) groups excluding carboxylic acids is 2. The molecule has 2 rings (SSSR count). The predicted molar refractivity (Wildman–Crippen MR) is 167 cm³/mol. The second-order valence-corrected chi connectivity index (χ2v) is 12.1. The van der Waals surface area contributed by atoms with E-state index < -0.39 is 79.2 Å². The van der Waals surface area contributed by atoms with E-state index in [4.69, 9.17) is 33.2 Å². The van der Waals surface area contributed by atoms with Crippen molar-refractivity contribution in [2.24, 2.45) is 11.8 Å². The Hall–Kier alpha value is -2.00. The highest BCUT2D eigenvalue weighted by Crippen LogP contribution is 2.34. The van der Waals surface area contributed by atoms with Crippen molar-refractivity contribution in [2.45, 2.75) is 108 Å². The number of likely N-dealkylation sites (N-methyl/N-ethyl adjacent to an activating group) is 1. The maximum Gasteiger partial charge on any atom is 0.308 e. The van der Waals surface area contributed by atoms with Gasteiger partial charge in [-0.1, -0.05) is 31.2 Å². The van der Waals surface area contributed by atoms with Crippen LogP contribution in [0.4, 0.5) is 0 Å². The number of ketones is 1. The number of allylic oxidation sites excluding steroid dienone is 3. The molecular formula is C33H55NO11. The molecule has 0 aromatic rings. The summed E-state index contributed by atoms with van der Waals surface area (Å²) in [6, 6.07) is -0.518. The number of nitrogens with zero attached hydrogens (tertiary/aromatic N) is 1. The molecule has 2 N–H and O–H groups in total. The van der Waals surface area contributed by atoms with Crippen LogP contribution in [-0.4, -0.2) is 130 Å². The third kappa shape index (κ3) is 11.6. The summed E-state index contributed by atoms with van der Waals surface area (Å²) in [7, 11) is 8.07. The Balaban J connectivity index is 2.59. The lowest BCUT2D eigenvalue weighted by Crippen LogP contribution is -2.64. The third-order valence-corrected chi connectivity index (χ3v) is 8.36. The van der Waals surface area contributed by atoms with Crippen molar-refractivity contribution < 1.29 is 53.0 Å². The number of carbonyl (C=O) groups is 2. The van der Waals surface area contributed by atoms with Crippen LogP contribution in [0.1, 0.15) is 46.5 Å². The van der Waals surface area contributed by atoms with E-state index in [1.807, 2.05) is 38.9 Å². The summed E-state index contributed by atoms with van der Waals surface area (Å²) in [4.78, 5) is 27.9. The maximum absolute atomic E-state index is 13.2. The number of aliphatic hydroxyl groups is 2. The number of ether oxygens (including phenoxy) is 7. The molecule has 2 aliphatic heterocycles. The molecule has 0 spiro atoms. The van der Waals surface area contributed by atoms with Crippen molar-refractivity contribution in [3.05, 3.63) is 37.0 Å². The zero-order valence-corrected chi connectivity index (χ0v) is 28.1. The summed E-state index contributed by atoms with van der Waals surface area (Å²) < 4.78 is 41.2. The van der Waals surface area contributed by atoms with Crippen LogP contribution in [0.25, 0.3) is 0 Å². The van der Waals surface area contributed by atoms with Crippen LogP contribution in [0, 0.1) is 11.8 Å². The van der Waals surface area contributed by atoms with E-state index in [0.717, 1.165) is 0 Å². The lowest BCUT2D eigenvalue weighted by molar-refractivity contribution is -0.314. The lowest BCUT2D eigenvalue weighted by Gasteiger charge is -2.48. The van der Waals surface area contributed by atoms with Gasteiger partial charge in [-0.25, -0.2) is 0 Å². The molecule has 0 aliphatic carbocycles. The summed E-state index contributed by atoms with van der Waals surface area (Å²) in [6.07, 6.45) is 1.03. The molecule has 12 nitrogen and oxygen atoms in total. The van der Waals surface area contributed by atoms with Gasteiger partial charge in [0.2, 0.25) is 0 Å². The molecule has 1 fully saturated rings. The molecule has 45 heavy (non-hydrogen) atoms. The summed E-state index contributed by atoms with van der Waals surface area (Å²) in [6.45, 7) is 9.37. The SMILES string of the molecule is C=CCO[C@H]1[C@H](N(C)C)[C@@H](O)[C@H](O[C@H]2[C@@H](CC(OC)OC)C[C@@H](C)C(=O)/C=C/C=C/C[C@@H](C)OC(=O)C[C@@H](O)[C@@H]2OC)O[C@@H]1C. The molecule has 258 valence electrons. The molecule has 0 amide bonds. The molecule has 2 aliphatic rings. The highest BCUT2D eigenvalue weighted by atomic mass is 16.7. The first-order valence-corrected chi connectivity index (χ1v) is 15.6. The maximum atomic E-state index is 13.2. The Bertz CT molecular complexity index is 968. The van der Waals surface area contributed by atoms with Crippen LogP contribution < -0.4 is 0 Å². The van der Waals surface area contributed by atoms with Gasteiger partial charge < -0.3 is 48.3 Å². The van der Waals surface area contributed by atoms with Crippen molar-refractivity contribution >= 4 is 11.8 Å². The van der Waals surface area contributed by atoms with E-state index in [1.165, 1.54) is 27.4 Å². The number of hydrogen-bond acceptors (Lipinski definition) is 12. The largest absolute Gasteiger partial charge is 0.462 e. The minimum atomic E-state index is -1.36. The van der Waals surface area contributed by atoms with Crippen LogP contribution >= 0.6 is 0 Å². The fourth-order valence-corrected chi connectivity index (χ4v) is 5.99. The Morgan fingerprint density at radius 3 is 2.36 bits per heavy atom. The Morgan fingerprint density at radius 1 is 1.07 bits per heavy atom. The molecule has 0 radical (unpaired) electrons. The first-order valence-electron chi connectivity index (χ1n) is 15.6. The van der Waals surface area contributed by atoms with E-state index >= 15 is 0 Å². The van der Waals surface area contributed by atoms with Crippen LogP contribution in [0.3, 0.4) is 0 Å². The summed E-state index contributed by atoms with van der Waals surface area (Å²) in [5.41, 5.74) is 0. The van der Waals surface area contributed by atoms with Crippen LogP contribution in [0.15, 0.2) is 37.0 Å². The average molecular weight is 642 g/mol. The second kappa shape index (κ2) is 19.6. The smallest absolute Gasteiger partial charge is 0.308 e. The summed E-state index contributed by atoms with van der Waals surface area (Å²) in [5, 5.41) is 23.0. The minimum absolute atomic E-state index is 0.103. The Labute approximate surface area is 268 Å². The van der Waals surface area contributed by atoms with Gasteiger partial charge in [-0.2, -0.15) is 0 Å². The normalized spacial score (nSPS) is 37.4. The minimum Gasteiger partial charge on any atom is -0.462 e. The monoisotopic (exact) mass is 641 g/mol. The van der Waals surface area contributed by atoms with E-state index in [1.54, 1.807) is 25.2 Å². The Morgan fingerprint density at radius 2 is 1.76 bits per heavy atom.